The van der Waals surface area contributed by atoms with Crippen molar-refractivity contribution in [2.45, 2.75) is 23.8 Å². The van der Waals surface area contributed by atoms with E-state index < -0.39 is 10.0 Å². The molecule has 0 aromatic heterocycles. The smallest absolute Gasteiger partial charge is 0.264 e. The largest absolute Gasteiger partial charge is 0.497 e. The van der Waals surface area contributed by atoms with Gasteiger partial charge in [0.15, 0.2) is 0 Å². The van der Waals surface area contributed by atoms with Gasteiger partial charge in [-0.1, -0.05) is 41.9 Å². The average Bonchev–Trinajstić information content (AvgIpc) is 3.34. The van der Waals surface area contributed by atoms with Crippen LogP contribution in [0.25, 0.3) is 0 Å². The lowest BCUT2D eigenvalue weighted by Gasteiger charge is -2.30. The number of halogens is 1. The molecule has 1 saturated heterocycles. The number of carbonyl (C=O) groups is 1. The Labute approximate surface area is 199 Å². The van der Waals surface area contributed by atoms with Crippen LogP contribution < -0.4 is 9.04 Å². The maximum absolute atomic E-state index is 13.6. The van der Waals surface area contributed by atoms with E-state index in [0.29, 0.717) is 23.0 Å². The van der Waals surface area contributed by atoms with Gasteiger partial charge in [0.25, 0.3) is 10.0 Å². The van der Waals surface area contributed by atoms with Gasteiger partial charge in [-0.15, -0.1) is 0 Å². The zero-order chi connectivity index (χ0) is 23.4. The van der Waals surface area contributed by atoms with Crippen molar-refractivity contribution in [1.82, 2.24) is 4.90 Å². The number of benzene rings is 3. The maximum Gasteiger partial charge on any atom is 0.264 e. The molecule has 4 rings (SSSR count). The Morgan fingerprint density at radius 3 is 2.33 bits per heavy atom. The van der Waals surface area contributed by atoms with E-state index in [0.717, 1.165) is 22.7 Å². The Morgan fingerprint density at radius 2 is 1.70 bits per heavy atom. The summed E-state index contributed by atoms with van der Waals surface area (Å²) in [6.45, 7) is 0.286. The summed E-state index contributed by atoms with van der Waals surface area (Å²) in [6, 6.07) is 22.3. The van der Waals surface area contributed by atoms with Crippen molar-refractivity contribution in [3.05, 3.63) is 89.4 Å². The lowest BCUT2D eigenvalue weighted by atomic mass is 10.0. The maximum atomic E-state index is 13.6. The molecule has 1 heterocycles. The molecule has 1 aliphatic heterocycles. The van der Waals surface area contributed by atoms with Gasteiger partial charge >= 0.3 is 0 Å². The average molecular weight is 485 g/mol. The number of anilines is 1. The van der Waals surface area contributed by atoms with Crippen molar-refractivity contribution >= 4 is 33.2 Å². The van der Waals surface area contributed by atoms with E-state index in [1.165, 1.54) is 19.2 Å². The van der Waals surface area contributed by atoms with Crippen molar-refractivity contribution in [3.63, 3.8) is 0 Å². The molecule has 8 heteroatoms. The van der Waals surface area contributed by atoms with Crippen molar-refractivity contribution in [2.24, 2.45) is 0 Å². The summed E-state index contributed by atoms with van der Waals surface area (Å²) in [5.74, 6) is 0.305. The second-order valence-corrected chi connectivity index (χ2v) is 10.1. The van der Waals surface area contributed by atoms with Gasteiger partial charge in [0.1, 0.15) is 12.3 Å². The quantitative estimate of drug-likeness (QED) is 0.478. The van der Waals surface area contributed by atoms with Crippen molar-refractivity contribution in [3.8, 4) is 5.75 Å². The van der Waals surface area contributed by atoms with Crippen LogP contribution in [-0.2, 0) is 14.8 Å². The second kappa shape index (κ2) is 9.85. The van der Waals surface area contributed by atoms with Crippen LogP contribution in [0.2, 0.25) is 5.02 Å². The van der Waals surface area contributed by atoms with E-state index in [9.17, 15) is 13.2 Å². The molecular weight excluding hydrogens is 460 g/mol. The van der Waals surface area contributed by atoms with Gasteiger partial charge in [-0.2, -0.15) is 0 Å². The normalized spacial score (nSPS) is 15.9. The number of ether oxygens (including phenoxy) is 1. The predicted molar refractivity (Wildman–Crippen MR) is 129 cm³/mol. The van der Waals surface area contributed by atoms with E-state index in [2.05, 4.69) is 0 Å². The minimum Gasteiger partial charge on any atom is -0.497 e. The van der Waals surface area contributed by atoms with Crippen LogP contribution in [0.3, 0.4) is 0 Å². The minimum atomic E-state index is -4.01. The van der Waals surface area contributed by atoms with E-state index in [4.69, 9.17) is 16.3 Å². The summed E-state index contributed by atoms with van der Waals surface area (Å²) in [5.41, 5.74) is 1.43. The number of amides is 1. The number of carbonyl (C=O) groups excluding carboxylic acids is 1. The van der Waals surface area contributed by atoms with E-state index in [-0.39, 0.29) is 23.4 Å². The molecule has 0 spiro atoms. The number of hydrogen-bond donors (Lipinski definition) is 0. The second-order valence-electron chi connectivity index (χ2n) is 7.82. The topological polar surface area (TPSA) is 66.9 Å². The zero-order valence-corrected chi connectivity index (χ0v) is 19.8. The van der Waals surface area contributed by atoms with Gasteiger partial charge in [0.2, 0.25) is 5.91 Å². The zero-order valence-electron chi connectivity index (χ0n) is 18.2. The van der Waals surface area contributed by atoms with Gasteiger partial charge in [-0.05, 0) is 66.9 Å². The van der Waals surface area contributed by atoms with Gasteiger partial charge in [-0.3, -0.25) is 9.10 Å². The fourth-order valence-corrected chi connectivity index (χ4v) is 5.64. The molecule has 1 atom stereocenters. The fourth-order valence-electron chi connectivity index (χ4n) is 4.10. The third-order valence-corrected chi connectivity index (χ3v) is 7.84. The van der Waals surface area contributed by atoms with Crippen LogP contribution in [-0.4, -0.2) is 39.4 Å². The Morgan fingerprint density at radius 1 is 1.03 bits per heavy atom. The summed E-state index contributed by atoms with van der Waals surface area (Å²) in [7, 11) is -2.50. The summed E-state index contributed by atoms with van der Waals surface area (Å²) >= 11 is 6.02. The molecule has 6 nitrogen and oxygen atoms in total. The Hall–Kier alpha value is -3.03. The molecule has 0 N–H and O–H groups in total. The Balaban J connectivity index is 1.66. The van der Waals surface area contributed by atoms with Crippen LogP contribution in [0, 0.1) is 0 Å². The van der Waals surface area contributed by atoms with Crippen LogP contribution in [0.1, 0.15) is 24.4 Å². The third kappa shape index (κ3) is 4.99. The number of hydrogen-bond acceptors (Lipinski definition) is 4. The summed E-state index contributed by atoms with van der Waals surface area (Å²) < 4.78 is 33.5. The molecule has 1 unspecified atom stereocenters. The Kier molecular flexibility index (Phi) is 6.91. The van der Waals surface area contributed by atoms with Gasteiger partial charge in [-0.25, -0.2) is 8.42 Å². The summed E-state index contributed by atoms with van der Waals surface area (Å²) in [4.78, 5) is 15.3. The van der Waals surface area contributed by atoms with E-state index >= 15 is 0 Å². The van der Waals surface area contributed by atoms with E-state index in [1.807, 2.05) is 30.3 Å². The van der Waals surface area contributed by atoms with Crippen molar-refractivity contribution in [2.75, 3.05) is 24.5 Å². The highest BCUT2D eigenvalue weighted by Crippen LogP contribution is 2.33. The summed E-state index contributed by atoms with van der Waals surface area (Å²) in [5, 5.41) is 0.482. The number of rotatable bonds is 7. The predicted octanol–water partition coefficient (Wildman–Crippen LogP) is 4.91. The molecule has 1 fully saturated rings. The third-order valence-electron chi connectivity index (χ3n) is 5.80. The number of nitrogens with zero attached hydrogens (tertiary/aromatic N) is 2. The summed E-state index contributed by atoms with van der Waals surface area (Å²) in [6.07, 6.45) is 1.72. The molecule has 0 bridgehead atoms. The van der Waals surface area contributed by atoms with Crippen molar-refractivity contribution in [1.29, 1.82) is 0 Å². The molecule has 3 aromatic carbocycles. The first-order chi connectivity index (χ1) is 15.9. The molecule has 172 valence electrons. The number of sulfonamides is 1. The highest BCUT2D eigenvalue weighted by Gasteiger charge is 2.34. The highest BCUT2D eigenvalue weighted by molar-refractivity contribution is 7.92. The highest BCUT2D eigenvalue weighted by atomic mass is 35.5. The molecule has 1 amide bonds. The van der Waals surface area contributed by atoms with E-state index in [1.54, 1.807) is 41.3 Å². The molecule has 0 aliphatic carbocycles. The first-order valence-corrected chi connectivity index (χ1v) is 12.5. The first kappa shape index (κ1) is 23.1. The van der Waals surface area contributed by atoms with Crippen LogP contribution in [0.15, 0.2) is 83.8 Å². The number of methoxy groups -OCH3 is 1. The lowest BCUT2D eigenvalue weighted by molar-refractivity contribution is -0.130. The molecule has 3 aromatic rings. The Bertz CT molecular complexity index is 1200. The molecule has 0 radical (unpaired) electrons. The first-order valence-electron chi connectivity index (χ1n) is 10.7. The van der Waals surface area contributed by atoms with Gasteiger partial charge in [0.05, 0.1) is 23.7 Å². The van der Waals surface area contributed by atoms with Crippen LogP contribution in [0.4, 0.5) is 5.69 Å². The van der Waals surface area contributed by atoms with Crippen LogP contribution >= 0.6 is 11.6 Å². The molecule has 0 saturated carbocycles. The molecular formula is C25H25ClN2O4S. The minimum absolute atomic E-state index is 0.0607. The number of likely N-dealkylation sites (tertiary alicyclic amines) is 1. The molecule has 33 heavy (non-hydrogen) atoms. The lowest BCUT2D eigenvalue weighted by Crippen LogP contribution is -2.42. The monoisotopic (exact) mass is 484 g/mol. The fraction of sp³-hybridized carbons (Fsp3) is 0.240. The van der Waals surface area contributed by atoms with Gasteiger partial charge < -0.3 is 9.64 Å². The standard InChI is InChI=1S/C25H25ClN2O4S/c1-32-22-13-15-23(16-14-22)33(30,31)28(21-11-9-20(26)10-12-21)18-25(29)27-17-5-8-24(27)19-6-3-2-4-7-19/h2-4,6-7,9-16,24H,5,8,17-18H2,1H3. The van der Waals surface area contributed by atoms with Crippen LogP contribution in [0.5, 0.6) is 5.75 Å². The van der Waals surface area contributed by atoms with Crippen molar-refractivity contribution < 1.29 is 17.9 Å². The SMILES string of the molecule is COc1ccc(S(=O)(=O)N(CC(=O)N2CCCC2c2ccccc2)c2ccc(Cl)cc2)cc1. The van der Waals surface area contributed by atoms with Gasteiger partial charge in [0, 0.05) is 11.6 Å². The molecule has 1 aliphatic rings.